The molecule has 0 spiro atoms. The number of benzene rings is 1. The number of amides is 2. The zero-order valence-electron chi connectivity index (χ0n) is 26.7. The van der Waals surface area contributed by atoms with Crippen LogP contribution in [0.15, 0.2) is 51.5 Å². The first-order chi connectivity index (χ1) is 20.4. The molecule has 0 unspecified atom stereocenters. The summed E-state index contributed by atoms with van der Waals surface area (Å²) in [4.78, 5) is 23.3. The lowest BCUT2D eigenvalue weighted by molar-refractivity contribution is -0.139. The largest absolute Gasteiger partial charge is 0.366 e. The molecule has 2 amide bonds. The first-order valence-electron chi connectivity index (χ1n) is 14.8. The van der Waals surface area contributed by atoms with Crippen LogP contribution in [0.5, 0.6) is 0 Å². The lowest BCUT2D eigenvalue weighted by Crippen LogP contribution is -2.22. The number of primary amides is 1. The van der Waals surface area contributed by atoms with Crippen molar-refractivity contribution in [1.82, 2.24) is 5.32 Å². The third-order valence-corrected chi connectivity index (χ3v) is 7.80. The monoisotopic (exact) mass is 626 g/mol. The number of nitrogens with two attached hydrogens (primary N) is 1. The molecule has 11 nitrogen and oxygen atoms in total. The van der Waals surface area contributed by atoms with E-state index in [1.54, 1.807) is 19.1 Å². The van der Waals surface area contributed by atoms with Gasteiger partial charge in [0.25, 0.3) is 10.1 Å². The average molecular weight is 627 g/mol. The predicted octanol–water partition coefficient (Wildman–Crippen LogP) is 4.29. The van der Waals surface area contributed by atoms with E-state index in [0.717, 1.165) is 29.6 Å². The molecule has 1 aromatic rings. The Bertz CT molecular complexity index is 1170. The lowest BCUT2D eigenvalue weighted by Gasteiger charge is -2.18. The van der Waals surface area contributed by atoms with Crippen molar-refractivity contribution in [1.29, 1.82) is 0 Å². The number of hydrogen-bond acceptors (Lipinski definition) is 9. The Labute approximate surface area is 257 Å². The van der Waals surface area contributed by atoms with Crippen molar-refractivity contribution < 1.29 is 41.1 Å². The van der Waals surface area contributed by atoms with Gasteiger partial charge in [0.05, 0.1) is 11.5 Å². The van der Waals surface area contributed by atoms with Crippen molar-refractivity contribution in [2.24, 2.45) is 5.73 Å². The van der Waals surface area contributed by atoms with Crippen LogP contribution in [0, 0.1) is 6.92 Å². The normalized spacial score (nSPS) is 14.1. The Morgan fingerprint density at radius 1 is 0.907 bits per heavy atom. The van der Waals surface area contributed by atoms with Crippen LogP contribution in [0.4, 0.5) is 0 Å². The number of hydrogen-bond donors (Lipinski definition) is 2. The standard InChI is InChI=1S/C19H29NO6S.C12H21NO3/c1-5-24-18(25-6-2)12-11-17(19(20)21)15(4)13-26-27(22,23)16-9-7-14(3)8-10-16;1-4-15-11(16-5-2)7-6-10-9(3)8-13-12(10)14/h7-10,18H,5-6,11-13H2,1-4H3,(H2,20,21);11H,4-8H2,1-3H3,(H,13,14)/b17-15-;. The summed E-state index contributed by atoms with van der Waals surface area (Å²) < 4.78 is 51.4. The smallest absolute Gasteiger partial charge is 0.297 e. The van der Waals surface area contributed by atoms with Gasteiger partial charge in [-0.1, -0.05) is 17.7 Å². The van der Waals surface area contributed by atoms with Crippen LogP contribution in [0.25, 0.3) is 0 Å². The molecule has 0 aliphatic carbocycles. The topological polar surface area (TPSA) is 152 Å². The van der Waals surface area contributed by atoms with E-state index in [1.807, 2.05) is 41.5 Å². The highest BCUT2D eigenvalue weighted by atomic mass is 32.2. The maximum atomic E-state index is 12.3. The fourth-order valence-electron chi connectivity index (χ4n) is 4.22. The average Bonchev–Trinajstić information content (AvgIpc) is 3.28. The van der Waals surface area contributed by atoms with Crippen molar-refractivity contribution in [2.45, 2.75) is 91.6 Å². The Kier molecular flexibility index (Phi) is 18.2. The van der Waals surface area contributed by atoms with Crippen molar-refractivity contribution in [3.63, 3.8) is 0 Å². The molecule has 1 aromatic carbocycles. The minimum Gasteiger partial charge on any atom is -0.366 e. The molecule has 0 aromatic heterocycles. The van der Waals surface area contributed by atoms with Gasteiger partial charge >= 0.3 is 0 Å². The molecule has 43 heavy (non-hydrogen) atoms. The van der Waals surface area contributed by atoms with Crippen LogP contribution in [-0.4, -0.2) is 72.4 Å². The summed E-state index contributed by atoms with van der Waals surface area (Å²) in [7, 11) is -3.92. The first-order valence-corrected chi connectivity index (χ1v) is 16.2. The van der Waals surface area contributed by atoms with Crippen molar-refractivity contribution in [3.05, 3.63) is 52.1 Å². The molecule has 0 atom stereocenters. The number of ether oxygens (including phenoxy) is 4. The summed E-state index contributed by atoms with van der Waals surface area (Å²) in [6.45, 7) is 15.7. The molecular weight excluding hydrogens is 576 g/mol. The van der Waals surface area contributed by atoms with Crippen molar-refractivity contribution in [3.8, 4) is 0 Å². The summed E-state index contributed by atoms with van der Waals surface area (Å²) >= 11 is 0. The minimum absolute atomic E-state index is 0.0595. The molecule has 0 saturated carbocycles. The van der Waals surface area contributed by atoms with E-state index >= 15 is 0 Å². The van der Waals surface area contributed by atoms with E-state index in [4.69, 9.17) is 28.9 Å². The van der Waals surface area contributed by atoms with Gasteiger partial charge in [-0.2, -0.15) is 8.42 Å². The second kappa shape index (κ2) is 20.4. The summed E-state index contributed by atoms with van der Waals surface area (Å²) in [5.41, 5.74) is 9.21. The van der Waals surface area contributed by atoms with E-state index < -0.39 is 22.3 Å². The molecule has 0 radical (unpaired) electrons. The molecule has 1 aliphatic heterocycles. The molecular formula is C31H50N2O9S. The summed E-state index contributed by atoms with van der Waals surface area (Å²) in [6, 6.07) is 6.34. The zero-order chi connectivity index (χ0) is 32.4. The fourth-order valence-corrected chi connectivity index (χ4v) is 5.15. The molecule has 0 bridgehead atoms. The highest BCUT2D eigenvalue weighted by Crippen LogP contribution is 2.20. The Morgan fingerprint density at radius 2 is 1.42 bits per heavy atom. The third kappa shape index (κ3) is 14.1. The van der Waals surface area contributed by atoms with Gasteiger partial charge in [0.15, 0.2) is 12.6 Å². The number of aryl methyl sites for hydroxylation is 1. The maximum absolute atomic E-state index is 12.3. The first kappa shape index (κ1) is 38.4. The maximum Gasteiger partial charge on any atom is 0.297 e. The highest BCUT2D eigenvalue weighted by molar-refractivity contribution is 7.86. The molecule has 1 aliphatic rings. The molecule has 3 N–H and O–H groups in total. The summed E-state index contributed by atoms with van der Waals surface area (Å²) in [5, 5.41) is 2.81. The Hall–Kier alpha value is -2.61. The van der Waals surface area contributed by atoms with Crippen LogP contribution in [-0.2, 0) is 42.8 Å². The van der Waals surface area contributed by atoms with E-state index in [2.05, 4.69) is 5.32 Å². The second-order valence-electron chi connectivity index (χ2n) is 9.85. The van der Waals surface area contributed by atoms with E-state index in [0.29, 0.717) is 57.0 Å². The molecule has 2 rings (SSSR count). The summed E-state index contributed by atoms with van der Waals surface area (Å²) in [5.74, 6) is -0.556. The lowest BCUT2D eigenvalue weighted by atomic mass is 10.0. The molecule has 12 heteroatoms. The van der Waals surface area contributed by atoms with Gasteiger partial charge in [0, 0.05) is 57.0 Å². The molecule has 244 valence electrons. The van der Waals surface area contributed by atoms with Crippen LogP contribution in [0.1, 0.15) is 72.8 Å². The quantitative estimate of drug-likeness (QED) is 0.130. The van der Waals surface area contributed by atoms with E-state index in [1.165, 1.54) is 12.1 Å². The van der Waals surface area contributed by atoms with Gasteiger partial charge in [0.2, 0.25) is 11.8 Å². The number of rotatable bonds is 19. The highest BCUT2D eigenvalue weighted by Gasteiger charge is 2.21. The Morgan fingerprint density at radius 3 is 1.86 bits per heavy atom. The number of carbonyl (C=O) groups is 2. The van der Waals surface area contributed by atoms with Gasteiger partial charge in [-0.15, -0.1) is 0 Å². The van der Waals surface area contributed by atoms with Crippen LogP contribution in [0.3, 0.4) is 0 Å². The van der Waals surface area contributed by atoms with Crippen molar-refractivity contribution in [2.75, 3.05) is 39.6 Å². The third-order valence-electron chi connectivity index (χ3n) is 6.53. The zero-order valence-corrected chi connectivity index (χ0v) is 27.5. The van der Waals surface area contributed by atoms with Gasteiger partial charge in [-0.05, 0) is 84.6 Å². The minimum atomic E-state index is -3.92. The Balaban J connectivity index is 0.000000490. The molecule has 0 saturated heterocycles. The predicted molar refractivity (Wildman–Crippen MR) is 164 cm³/mol. The van der Waals surface area contributed by atoms with Crippen LogP contribution < -0.4 is 11.1 Å². The van der Waals surface area contributed by atoms with Gasteiger partial charge in [-0.3, -0.25) is 13.8 Å². The molecule has 1 heterocycles. The molecule has 0 fully saturated rings. The van der Waals surface area contributed by atoms with Crippen molar-refractivity contribution >= 4 is 21.9 Å². The number of nitrogens with one attached hydrogen (secondary N) is 1. The van der Waals surface area contributed by atoms with Crippen LogP contribution in [0.2, 0.25) is 0 Å². The second-order valence-corrected chi connectivity index (χ2v) is 11.5. The summed E-state index contributed by atoms with van der Waals surface area (Å²) in [6.07, 6.45) is 1.56. The fraction of sp³-hybridized carbons (Fsp3) is 0.613. The van der Waals surface area contributed by atoms with E-state index in [-0.39, 0.29) is 23.7 Å². The SMILES string of the molecule is CCOC(CC/C(C(N)=O)=C(\C)COS(=O)(=O)c1ccc(C)cc1)OCC.CCOC(CCC1=C(C)CNC1=O)OCC. The van der Waals surface area contributed by atoms with E-state index in [9.17, 15) is 18.0 Å². The van der Waals surface area contributed by atoms with Gasteiger partial charge < -0.3 is 30.0 Å². The number of carbonyl (C=O) groups excluding carboxylic acids is 2. The van der Waals surface area contributed by atoms with Gasteiger partial charge in [0.1, 0.15) is 0 Å². The van der Waals surface area contributed by atoms with Gasteiger partial charge in [-0.25, -0.2) is 0 Å². The van der Waals surface area contributed by atoms with Crippen LogP contribution >= 0.6 is 0 Å².